The molecule has 1 aliphatic rings. The first-order chi connectivity index (χ1) is 13.5. The van der Waals surface area contributed by atoms with Crippen LogP contribution in [0.2, 0.25) is 0 Å². The molecule has 1 fully saturated rings. The number of carbonyl (C=O) groups excluding carboxylic acids is 2. The number of benzene rings is 2. The van der Waals surface area contributed by atoms with Crippen LogP contribution in [0.5, 0.6) is 11.5 Å². The zero-order valence-electron chi connectivity index (χ0n) is 16.6. The maximum atomic E-state index is 12.8. The number of anilines is 1. The fraction of sp³-hybridized carbons (Fsp3) is 0.364. The minimum atomic E-state index is -0.0237. The molecule has 6 heteroatoms. The van der Waals surface area contributed by atoms with Gasteiger partial charge in [0.15, 0.2) is 5.78 Å². The van der Waals surface area contributed by atoms with Crippen molar-refractivity contribution in [3.63, 3.8) is 0 Å². The molecule has 3 rings (SSSR count). The topological polar surface area (TPSA) is 59.1 Å². The van der Waals surface area contributed by atoms with Crippen LogP contribution < -0.4 is 14.4 Å². The van der Waals surface area contributed by atoms with Crippen LogP contribution in [0.15, 0.2) is 42.5 Å². The molecule has 1 heterocycles. The van der Waals surface area contributed by atoms with Gasteiger partial charge in [-0.25, -0.2) is 0 Å². The average Bonchev–Trinajstić information content (AvgIpc) is 2.73. The van der Waals surface area contributed by atoms with Gasteiger partial charge in [0.05, 0.1) is 20.6 Å². The molecule has 0 aliphatic carbocycles. The van der Waals surface area contributed by atoms with Crippen LogP contribution in [-0.2, 0) is 11.2 Å². The maximum absolute atomic E-state index is 12.8. The molecule has 28 heavy (non-hydrogen) atoms. The highest BCUT2D eigenvalue weighted by Gasteiger charge is 2.22. The van der Waals surface area contributed by atoms with Crippen molar-refractivity contribution < 1.29 is 19.1 Å². The number of methoxy groups -OCH3 is 2. The minimum absolute atomic E-state index is 0.0237. The molecule has 2 aromatic carbocycles. The molecule has 0 atom stereocenters. The second-order valence-corrected chi connectivity index (χ2v) is 6.83. The number of amides is 1. The predicted octanol–water partition coefficient (Wildman–Crippen LogP) is 2.80. The van der Waals surface area contributed by atoms with Crippen molar-refractivity contribution in [2.45, 2.75) is 13.3 Å². The quantitative estimate of drug-likeness (QED) is 0.719. The number of ketones is 1. The first-order valence-corrected chi connectivity index (χ1v) is 9.36. The number of ether oxygens (including phenoxy) is 2. The lowest BCUT2D eigenvalue weighted by atomic mass is 10.0. The Morgan fingerprint density at radius 2 is 1.61 bits per heavy atom. The molecule has 148 valence electrons. The standard InChI is InChI=1S/C22H26N2O4/c1-16(25)17-4-9-21(28-3)18(14-17)15-22(26)24-12-10-23(11-13-24)19-5-7-20(27-2)8-6-19/h4-9,14H,10-13,15H2,1-3H3. The number of hydrogen-bond donors (Lipinski definition) is 0. The third-order valence-corrected chi connectivity index (χ3v) is 5.10. The zero-order chi connectivity index (χ0) is 20.1. The van der Waals surface area contributed by atoms with E-state index >= 15 is 0 Å². The van der Waals surface area contributed by atoms with E-state index in [2.05, 4.69) is 4.90 Å². The van der Waals surface area contributed by atoms with Crippen molar-refractivity contribution in [3.05, 3.63) is 53.6 Å². The summed E-state index contributed by atoms with van der Waals surface area (Å²) in [5, 5.41) is 0. The van der Waals surface area contributed by atoms with E-state index in [1.54, 1.807) is 32.4 Å². The van der Waals surface area contributed by atoms with Gasteiger partial charge >= 0.3 is 0 Å². The molecule has 6 nitrogen and oxygen atoms in total. The molecule has 0 saturated carbocycles. The Balaban J connectivity index is 1.62. The maximum Gasteiger partial charge on any atom is 0.227 e. The van der Waals surface area contributed by atoms with E-state index in [-0.39, 0.29) is 18.1 Å². The molecule has 2 aromatic rings. The molecule has 1 amide bonds. The van der Waals surface area contributed by atoms with Crippen LogP contribution in [0.25, 0.3) is 0 Å². The molecule has 0 bridgehead atoms. The van der Waals surface area contributed by atoms with E-state index in [9.17, 15) is 9.59 Å². The third kappa shape index (κ3) is 4.44. The lowest BCUT2D eigenvalue weighted by molar-refractivity contribution is -0.130. The molecule has 1 saturated heterocycles. The molecular weight excluding hydrogens is 356 g/mol. The van der Waals surface area contributed by atoms with Crippen molar-refractivity contribution in [3.8, 4) is 11.5 Å². The number of hydrogen-bond acceptors (Lipinski definition) is 5. The summed E-state index contributed by atoms with van der Waals surface area (Å²) in [4.78, 5) is 28.6. The number of rotatable bonds is 6. The van der Waals surface area contributed by atoms with Crippen LogP contribution in [-0.4, -0.2) is 57.0 Å². The van der Waals surface area contributed by atoms with Crippen LogP contribution in [0, 0.1) is 0 Å². The Hall–Kier alpha value is -3.02. The van der Waals surface area contributed by atoms with Gasteiger partial charge in [-0.15, -0.1) is 0 Å². The molecule has 0 radical (unpaired) electrons. The van der Waals surface area contributed by atoms with Crippen LogP contribution in [0.4, 0.5) is 5.69 Å². The molecule has 0 unspecified atom stereocenters. The average molecular weight is 382 g/mol. The van der Waals surface area contributed by atoms with Gasteiger partial charge in [-0.2, -0.15) is 0 Å². The number of carbonyl (C=O) groups is 2. The Bertz CT molecular complexity index is 840. The molecular formula is C22H26N2O4. The van der Waals surface area contributed by atoms with Crippen molar-refractivity contribution in [2.24, 2.45) is 0 Å². The summed E-state index contributed by atoms with van der Waals surface area (Å²) in [6.45, 7) is 4.41. The van der Waals surface area contributed by atoms with E-state index in [0.717, 1.165) is 30.1 Å². The van der Waals surface area contributed by atoms with E-state index in [1.165, 1.54) is 6.92 Å². The highest BCUT2D eigenvalue weighted by molar-refractivity contribution is 5.94. The largest absolute Gasteiger partial charge is 0.497 e. The fourth-order valence-corrected chi connectivity index (χ4v) is 3.42. The Morgan fingerprint density at radius 1 is 0.929 bits per heavy atom. The third-order valence-electron chi connectivity index (χ3n) is 5.10. The Kier molecular flexibility index (Phi) is 6.19. The molecule has 0 N–H and O–H groups in total. The first-order valence-electron chi connectivity index (χ1n) is 9.36. The van der Waals surface area contributed by atoms with Gasteiger partial charge in [-0.1, -0.05) is 0 Å². The van der Waals surface area contributed by atoms with Gasteiger partial charge in [0, 0.05) is 43.0 Å². The summed E-state index contributed by atoms with van der Waals surface area (Å²) in [7, 11) is 3.23. The smallest absolute Gasteiger partial charge is 0.227 e. The lowest BCUT2D eigenvalue weighted by Crippen LogP contribution is -2.49. The summed E-state index contributed by atoms with van der Waals surface area (Å²) in [6.07, 6.45) is 0.229. The highest BCUT2D eigenvalue weighted by Crippen LogP contribution is 2.23. The fourth-order valence-electron chi connectivity index (χ4n) is 3.42. The van der Waals surface area contributed by atoms with E-state index in [4.69, 9.17) is 9.47 Å². The van der Waals surface area contributed by atoms with Crippen LogP contribution >= 0.6 is 0 Å². The molecule has 0 aromatic heterocycles. The lowest BCUT2D eigenvalue weighted by Gasteiger charge is -2.36. The van der Waals surface area contributed by atoms with Gasteiger partial charge in [-0.05, 0) is 49.4 Å². The second kappa shape index (κ2) is 8.78. The molecule has 0 spiro atoms. The van der Waals surface area contributed by atoms with Crippen molar-refractivity contribution in [2.75, 3.05) is 45.3 Å². The first kappa shape index (κ1) is 19.7. The van der Waals surface area contributed by atoms with Crippen LogP contribution in [0.3, 0.4) is 0 Å². The van der Waals surface area contributed by atoms with Gasteiger partial charge in [0.1, 0.15) is 11.5 Å². The van der Waals surface area contributed by atoms with E-state index in [0.29, 0.717) is 24.4 Å². The highest BCUT2D eigenvalue weighted by atomic mass is 16.5. The summed E-state index contributed by atoms with van der Waals surface area (Å²) < 4.78 is 10.6. The predicted molar refractivity (Wildman–Crippen MR) is 108 cm³/mol. The van der Waals surface area contributed by atoms with Gasteiger partial charge in [0.2, 0.25) is 5.91 Å². The summed E-state index contributed by atoms with van der Waals surface area (Å²) >= 11 is 0. The van der Waals surface area contributed by atoms with Crippen molar-refractivity contribution in [1.82, 2.24) is 4.90 Å². The van der Waals surface area contributed by atoms with Gasteiger partial charge < -0.3 is 19.3 Å². The van der Waals surface area contributed by atoms with Crippen molar-refractivity contribution >= 4 is 17.4 Å². The Morgan fingerprint density at radius 3 is 2.18 bits per heavy atom. The number of piperazine rings is 1. The van der Waals surface area contributed by atoms with E-state index in [1.807, 2.05) is 29.2 Å². The monoisotopic (exact) mass is 382 g/mol. The minimum Gasteiger partial charge on any atom is -0.497 e. The van der Waals surface area contributed by atoms with Crippen molar-refractivity contribution in [1.29, 1.82) is 0 Å². The number of Topliss-reactive ketones (excluding diaryl/α,β-unsaturated/α-hetero) is 1. The van der Waals surface area contributed by atoms with Gasteiger partial charge in [0.25, 0.3) is 0 Å². The molecule has 1 aliphatic heterocycles. The second-order valence-electron chi connectivity index (χ2n) is 6.83. The van der Waals surface area contributed by atoms with Gasteiger partial charge in [-0.3, -0.25) is 9.59 Å². The van der Waals surface area contributed by atoms with E-state index < -0.39 is 0 Å². The summed E-state index contributed by atoms with van der Waals surface area (Å²) in [5.74, 6) is 1.49. The normalized spacial score (nSPS) is 14.0. The summed E-state index contributed by atoms with van der Waals surface area (Å²) in [5.41, 5.74) is 2.47. The number of nitrogens with zero attached hydrogens (tertiary/aromatic N) is 2. The zero-order valence-corrected chi connectivity index (χ0v) is 16.6. The summed E-state index contributed by atoms with van der Waals surface area (Å²) in [6, 6.07) is 13.2. The Labute approximate surface area is 165 Å². The SMILES string of the molecule is COc1ccc(N2CCN(C(=O)Cc3cc(C(C)=O)ccc3OC)CC2)cc1. The van der Waals surface area contributed by atoms with Crippen LogP contribution in [0.1, 0.15) is 22.8 Å².